The van der Waals surface area contributed by atoms with E-state index in [2.05, 4.69) is 83.8 Å². The number of aromatic nitrogens is 1. The molecule has 0 saturated carbocycles. The lowest BCUT2D eigenvalue weighted by atomic mass is 10.0. The zero-order chi connectivity index (χ0) is 18.8. The minimum absolute atomic E-state index is 1.06. The van der Waals surface area contributed by atoms with Crippen LogP contribution in [0.5, 0.6) is 0 Å². The van der Waals surface area contributed by atoms with E-state index in [4.69, 9.17) is 0 Å². The van der Waals surface area contributed by atoms with E-state index >= 15 is 0 Å². The Hall–Kier alpha value is -3.71. The van der Waals surface area contributed by atoms with Crippen molar-refractivity contribution in [3.63, 3.8) is 0 Å². The summed E-state index contributed by atoms with van der Waals surface area (Å²) in [4.78, 5) is 4.58. The molecule has 0 amide bonds. The Balaban J connectivity index is 0.000000122. The van der Waals surface area contributed by atoms with Crippen molar-refractivity contribution in [1.82, 2.24) is 4.98 Å². The number of pyridine rings is 1. The van der Waals surface area contributed by atoms with Crippen LogP contribution in [0.25, 0.3) is 43.4 Å². The van der Waals surface area contributed by atoms with Crippen LogP contribution >= 0.6 is 0 Å². The number of rotatable bonds is 0. The molecule has 0 aliphatic heterocycles. The first-order valence-corrected chi connectivity index (χ1v) is 9.49. The Morgan fingerprint density at radius 1 is 0.357 bits per heavy atom. The Kier molecular flexibility index (Phi) is 4.19. The van der Waals surface area contributed by atoms with Crippen LogP contribution in [0.1, 0.15) is 0 Å². The topological polar surface area (TPSA) is 12.9 Å². The summed E-state index contributed by atoms with van der Waals surface area (Å²) >= 11 is 0. The maximum absolute atomic E-state index is 4.58. The molecule has 0 aliphatic rings. The third-order valence-corrected chi connectivity index (χ3v) is 5.08. The predicted octanol–water partition coefficient (Wildman–Crippen LogP) is 7.38. The third-order valence-electron chi connectivity index (χ3n) is 5.08. The van der Waals surface area contributed by atoms with Gasteiger partial charge in [-0.25, -0.2) is 4.98 Å². The summed E-state index contributed by atoms with van der Waals surface area (Å²) in [5, 5.41) is 7.70. The van der Waals surface area contributed by atoms with Crippen molar-refractivity contribution in [2.75, 3.05) is 0 Å². The van der Waals surface area contributed by atoms with Crippen LogP contribution < -0.4 is 0 Å². The van der Waals surface area contributed by atoms with Gasteiger partial charge in [0.05, 0.1) is 11.0 Å². The zero-order valence-electron chi connectivity index (χ0n) is 15.4. The van der Waals surface area contributed by atoms with E-state index in [1.165, 1.54) is 32.3 Å². The van der Waals surface area contributed by atoms with E-state index < -0.39 is 0 Å². The maximum atomic E-state index is 4.58. The SMILES string of the molecule is c1ccc2c(c1)ccc1ccccc12.c1ccc2nc3ccccc3cc2c1. The molecule has 0 aliphatic carbocycles. The third kappa shape index (κ3) is 3.08. The molecule has 0 bridgehead atoms. The largest absolute Gasteiger partial charge is 0.248 e. The Morgan fingerprint density at radius 3 is 1.25 bits per heavy atom. The summed E-state index contributed by atoms with van der Waals surface area (Å²) in [6.07, 6.45) is 0. The maximum Gasteiger partial charge on any atom is 0.0709 e. The van der Waals surface area contributed by atoms with Crippen LogP contribution in [0.3, 0.4) is 0 Å². The molecule has 1 aromatic heterocycles. The van der Waals surface area contributed by atoms with Gasteiger partial charge in [0, 0.05) is 10.8 Å². The molecule has 0 N–H and O–H groups in total. The summed E-state index contributed by atoms with van der Waals surface area (Å²) in [5.74, 6) is 0. The van der Waals surface area contributed by atoms with Crippen LogP contribution in [-0.2, 0) is 0 Å². The summed E-state index contributed by atoms with van der Waals surface area (Å²) < 4.78 is 0. The van der Waals surface area contributed by atoms with Gasteiger partial charge in [-0.2, -0.15) is 0 Å². The average Bonchev–Trinajstić information content (AvgIpc) is 2.78. The number of hydrogen-bond acceptors (Lipinski definition) is 1. The first-order valence-electron chi connectivity index (χ1n) is 9.49. The lowest BCUT2D eigenvalue weighted by Gasteiger charge is -2.02. The Bertz CT molecular complexity index is 1240. The zero-order valence-corrected chi connectivity index (χ0v) is 15.4. The Morgan fingerprint density at radius 2 is 0.750 bits per heavy atom. The van der Waals surface area contributed by atoms with E-state index in [9.17, 15) is 0 Å². The highest BCUT2D eigenvalue weighted by Gasteiger charge is 1.98. The van der Waals surface area contributed by atoms with Crippen molar-refractivity contribution in [2.24, 2.45) is 0 Å². The molecule has 6 rings (SSSR count). The van der Waals surface area contributed by atoms with Gasteiger partial charge in [-0.05, 0) is 39.7 Å². The number of para-hydroxylation sites is 2. The Labute approximate surface area is 163 Å². The highest BCUT2D eigenvalue weighted by Crippen LogP contribution is 2.24. The van der Waals surface area contributed by atoms with Crippen molar-refractivity contribution in [3.05, 3.63) is 115 Å². The van der Waals surface area contributed by atoms with Crippen LogP contribution in [0.15, 0.2) is 115 Å². The van der Waals surface area contributed by atoms with Crippen molar-refractivity contribution < 1.29 is 0 Å². The fourth-order valence-corrected chi connectivity index (χ4v) is 3.67. The average molecular weight is 357 g/mol. The molecule has 1 nitrogen and oxygen atoms in total. The second-order valence-corrected chi connectivity index (χ2v) is 6.88. The van der Waals surface area contributed by atoms with Crippen LogP contribution in [-0.4, -0.2) is 4.98 Å². The van der Waals surface area contributed by atoms with Gasteiger partial charge in [0.1, 0.15) is 0 Å². The molecule has 1 heteroatoms. The van der Waals surface area contributed by atoms with Gasteiger partial charge in [0.15, 0.2) is 0 Å². The molecule has 0 unspecified atom stereocenters. The molecule has 0 radical (unpaired) electrons. The minimum Gasteiger partial charge on any atom is -0.248 e. The summed E-state index contributed by atoms with van der Waals surface area (Å²) in [7, 11) is 0. The van der Waals surface area contributed by atoms with Crippen molar-refractivity contribution >= 4 is 43.4 Å². The fraction of sp³-hybridized carbons (Fsp3) is 0. The number of nitrogens with zero attached hydrogens (tertiary/aromatic N) is 1. The van der Waals surface area contributed by atoms with E-state index in [1.54, 1.807) is 0 Å². The van der Waals surface area contributed by atoms with Crippen LogP contribution in [0, 0.1) is 0 Å². The van der Waals surface area contributed by atoms with Gasteiger partial charge in [0.25, 0.3) is 0 Å². The van der Waals surface area contributed by atoms with Crippen molar-refractivity contribution in [1.29, 1.82) is 0 Å². The molecule has 0 fully saturated rings. The lowest BCUT2D eigenvalue weighted by molar-refractivity contribution is 1.50. The van der Waals surface area contributed by atoms with Gasteiger partial charge in [-0.3, -0.25) is 0 Å². The number of hydrogen-bond donors (Lipinski definition) is 0. The fourth-order valence-electron chi connectivity index (χ4n) is 3.67. The molecule has 6 aromatic rings. The standard InChI is InChI=1S/C14H10.C13H9N/c1-3-7-13-11(5-1)9-10-12-6-2-4-8-14(12)13;1-3-7-12-10(5-1)9-11-6-2-4-8-13(11)14-12/h1-10H;1-9H. The molecule has 1 heterocycles. The summed E-state index contributed by atoms with van der Waals surface area (Å²) in [6.45, 7) is 0. The molecular formula is C27H19N. The highest BCUT2D eigenvalue weighted by molar-refractivity contribution is 6.07. The minimum atomic E-state index is 1.06. The van der Waals surface area contributed by atoms with Gasteiger partial charge in [-0.15, -0.1) is 0 Å². The number of fused-ring (bicyclic) bond motifs is 5. The molecule has 0 saturated heterocycles. The molecule has 5 aromatic carbocycles. The van der Waals surface area contributed by atoms with Crippen LogP contribution in [0.2, 0.25) is 0 Å². The quantitative estimate of drug-likeness (QED) is 0.204. The lowest BCUT2D eigenvalue weighted by Crippen LogP contribution is -1.80. The van der Waals surface area contributed by atoms with Gasteiger partial charge in [-0.1, -0.05) is 97.1 Å². The van der Waals surface area contributed by atoms with Gasteiger partial charge >= 0.3 is 0 Å². The molecule has 132 valence electrons. The summed E-state index contributed by atoms with van der Waals surface area (Å²) in [5.41, 5.74) is 2.12. The van der Waals surface area contributed by atoms with Crippen molar-refractivity contribution in [3.8, 4) is 0 Å². The first-order chi connectivity index (χ1) is 13.9. The second-order valence-electron chi connectivity index (χ2n) is 6.88. The first kappa shape index (κ1) is 16.5. The van der Waals surface area contributed by atoms with Crippen molar-refractivity contribution in [2.45, 2.75) is 0 Å². The second kappa shape index (κ2) is 7.13. The smallest absolute Gasteiger partial charge is 0.0709 e. The summed E-state index contributed by atoms with van der Waals surface area (Å²) in [6, 6.07) is 39.9. The van der Waals surface area contributed by atoms with E-state index in [0.717, 1.165) is 11.0 Å². The number of benzene rings is 5. The predicted molar refractivity (Wildman–Crippen MR) is 121 cm³/mol. The monoisotopic (exact) mass is 357 g/mol. The molecule has 0 spiro atoms. The van der Waals surface area contributed by atoms with Gasteiger partial charge < -0.3 is 0 Å². The molecule has 28 heavy (non-hydrogen) atoms. The van der Waals surface area contributed by atoms with E-state index in [-0.39, 0.29) is 0 Å². The van der Waals surface area contributed by atoms with E-state index in [1.807, 2.05) is 36.4 Å². The molecular weight excluding hydrogens is 338 g/mol. The highest BCUT2D eigenvalue weighted by atomic mass is 14.7. The normalized spacial score (nSPS) is 10.9. The molecule has 0 atom stereocenters. The van der Waals surface area contributed by atoms with Crippen LogP contribution in [0.4, 0.5) is 0 Å². The van der Waals surface area contributed by atoms with Gasteiger partial charge in [0.2, 0.25) is 0 Å². The van der Waals surface area contributed by atoms with E-state index in [0.29, 0.717) is 0 Å².